The molecule has 0 atom stereocenters. The van der Waals surface area contributed by atoms with E-state index < -0.39 is 0 Å². The fraction of sp³-hybridized carbons (Fsp3) is 0.172. The molecule has 0 saturated carbocycles. The lowest BCUT2D eigenvalue weighted by atomic mass is 10.1. The number of hydrogen-bond acceptors (Lipinski definition) is 4. The molecule has 1 saturated heterocycles. The minimum atomic E-state index is -0.0699. The van der Waals surface area contributed by atoms with E-state index in [1.165, 1.54) is 22.8 Å². The maximum Gasteiger partial charge on any atom is 0.266 e. The van der Waals surface area contributed by atoms with Crippen molar-refractivity contribution >= 4 is 62.8 Å². The molecule has 0 aliphatic carbocycles. The van der Waals surface area contributed by atoms with E-state index in [1.54, 1.807) is 12.0 Å². The molecular weight excluding hydrogens is 508 g/mol. The SMILES string of the molecule is CCc1cccc2c(/C=C3\SC(=S)N(Cc4ccc(OC)cc4)C3=O)cn(Cc3ccccc3Cl)c12. The monoisotopic (exact) mass is 532 g/mol. The summed E-state index contributed by atoms with van der Waals surface area (Å²) in [6.07, 6.45) is 4.99. The summed E-state index contributed by atoms with van der Waals surface area (Å²) in [6, 6.07) is 21.9. The van der Waals surface area contributed by atoms with E-state index in [0.29, 0.717) is 22.3 Å². The van der Waals surface area contributed by atoms with Crippen molar-refractivity contribution in [2.24, 2.45) is 0 Å². The van der Waals surface area contributed by atoms with Crippen LogP contribution < -0.4 is 4.74 Å². The first-order valence-corrected chi connectivity index (χ1v) is 13.3. The molecule has 7 heteroatoms. The van der Waals surface area contributed by atoms with Crippen LogP contribution in [-0.4, -0.2) is 26.8 Å². The molecule has 1 aliphatic rings. The Balaban J connectivity index is 1.49. The average Bonchev–Trinajstić information content (AvgIpc) is 3.37. The number of methoxy groups -OCH3 is 1. The number of ether oxygens (including phenoxy) is 1. The fourth-order valence-corrected chi connectivity index (χ4v) is 5.93. The number of carbonyl (C=O) groups excluding carboxylic acids is 1. The molecule has 36 heavy (non-hydrogen) atoms. The standard InChI is InChI=1S/C29H25ClN2O2S2/c1-3-20-8-6-9-24-22(18-31(27(20)24)17-21-7-4-5-10-25(21)30)15-26-28(33)32(29(35)36-26)16-19-11-13-23(34-2)14-12-19/h4-15,18H,3,16-17H2,1-2H3/b26-15-. The van der Waals surface area contributed by atoms with Crippen LogP contribution in [0.2, 0.25) is 5.02 Å². The number of rotatable bonds is 7. The first-order valence-electron chi connectivity index (χ1n) is 11.7. The summed E-state index contributed by atoms with van der Waals surface area (Å²) >= 11 is 13.4. The van der Waals surface area contributed by atoms with Crippen molar-refractivity contribution in [1.82, 2.24) is 9.47 Å². The molecule has 4 aromatic rings. The van der Waals surface area contributed by atoms with E-state index in [2.05, 4.69) is 35.9 Å². The predicted octanol–water partition coefficient (Wildman–Crippen LogP) is 7.32. The van der Waals surface area contributed by atoms with E-state index in [1.807, 2.05) is 54.6 Å². The van der Waals surface area contributed by atoms with Gasteiger partial charge in [0, 0.05) is 28.7 Å². The van der Waals surface area contributed by atoms with Gasteiger partial charge < -0.3 is 9.30 Å². The van der Waals surface area contributed by atoms with Crippen LogP contribution in [-0.2, 0) is 24.3 Å². The van der Waals surface area contributed by atoms with Crippen molar-refractivity contribution in [2.45, 2.75) is 26.4 Å². The number of fused-ring (bicyclic) bond motifs is 1. The van der Waals surface area contributed by atoms with Crippen molar-refractivity contribution in [3.63, 3.8) is 0 Å². The highest BCUT2D eigenvalue weighted by Crippen LogP contribution is 2.36. The Morgan fingerprint density at radius 2 is 1.75 bits per heavy atom. The molecule has 182 valence electrons. The van der Waals surface area contributed by atoms with E-state index >= 15 is 0 Å². The number of aryl methyl sites for hydroxylation is 1. The van der Waals surface area contributed by atoms with Crippen molar-refractivity contribution in [1.29, 1.82) is 0 Å². The molecule has 0 spiro atoms. The quantitative estimate of drug-likeness (QED) is 0.184. The minimum absolute atomic E-state index is 0.0699. The third-order valence-electron chi connectivity index (χ3n) is 6.35. The third-order valence-corrected chi connectivity index (χ3v) is 8.10. The fourth-order valence-electron chi connectivity index (χ4n) is 4.49. The second-order valence-corrected chi connectivity index (χ2v) is 10.7. The van der Waals surface area contributed by atoms with Crippen LogP contribution in [0.1, 0.15) is 29.2 Å². The van der Waals surface area contributed by atoms with Gasteiger partial charge in [-0.3, -0.25) is 9.69 Å². The van der Waals surface area contributed by atoms with Gasteiger partial charge in [-0.15, -0.1) is 0 Å². The van der Waals surface area contributed by atoms with Crippen LogP contribution >= 0.6 is 35.6 Å². The smallest absolute Gasteiger partial charge is 0.266 e. The van der Waals surface area contributed by atoms with Crippen LogP contribution in [0, 0.1) is 0 Å². The number of nitrogens with zero attached hydrogens (tertiary/aromatic N) is 2. The Morgan fingerprint density at radius 3 is 2.47 bits per heavy atom. The molecule has 0 radical (unpaired) electrons. The first-order chi connectivity index (χ1) is 17.5. The van der Waals surface area contributed by atoms with Crippen LogP contribution in [0.3, 0.4) is 0 Å². The van der Waals surface area contributed by atoms with Gasteiger partial charge in [0.15, 0.2) is 0 Å². The summed E-state index contributed by atoms with van der Waals surface area (Å²) in [5.74, 6) is 0.711. The number of carbonyl (C=O) groups is 1. The number of para-hydroxylation sites is 1. The summed E-state index contributed by atoms with van der Waals surface area (Å²) in [7, 11) is 1.64. The maximum atomic E-state index is 13.3. The van der Waals surface area contributed by atoms with Gasteiger partial charge >= 0.3 is 0 Å². The van der Waals surface area contributed by atoms with Gasteiger partial charge in [-0.25, -0.2) is 0 Å². The van der Waals surface area contributed by atoms with Crippen LogP contribution in [0.25, 0.3) is 17.0 Å². The number of benzene rings is 3. The molecule has 1 amide bonds. The Kier molecular flexibility index (Phi) is 7.19. The molecule has 0 unspecified atom stereocenters. The topological polar surface area (TPSA) is 34.5 Å². The minimum Gasteiger partial charge on any atom is -0.497 e. The van der Waals surface area contributed by atoms with Crippen molar-refractivity contribution in [3.8, 4) is 5.75 Å². The molecule has 5 rings (SSSR count). The zero-order valence-corrected chi connectivity index (χ0v) is 22.4. The Morgan fingerprint density at radius 1 is 1.00 bits per heavy atom. The number of thioether (sulfide) groups is 1. The molecule has 1 aromatic heterocycles. The Labute approximate surface area is 225 Å². The zero-order chi connectivity index (χ0) is 25.2. The van der Waals surface area contributed by atoms with E-state index in [9.17, 15) is 4.79 Å². The highest BCUT2D eigenvalue weighted by molar-refractivity contribution is 8.26. The van der Waals surface area contributed by atoms with Gasteiger partial charge in [-0.05, 0) is 47.4 Å². The van der Waals surface area contributed by atoms with Gasteiger partial charge in [0.25, 0.3) is 5.91 Å². The summed E-state index contributed by atoms with van der Waals surface area (Å²) in [5.41, 5.74) is 5.47. The maximum absolute atomic E-state index is 13.3. The summed E-state index contributed by atoms with van der Waals surface area (Å²) in [4.78, 5) is 15.6. The molecular formula is C29H25ClN2O2S2. The van der Waals surface area contributed by atoms with Gasteiger partial charge in [-0.2, -0.15) is 0 Å². The highest BCUT2D eigenvalue weighted by Gasteiger charge is 2.32. The highest BCUT2D eigenvalue weighted by atomic mass is 35.5. The Hall–Kier alpha value is -3.06. The van der Waals surface area contributed by atoms with Gasteiger partial charge in [0.2, 0.25) is 0 Å². The number of halogens is 1. The zero-order valence-electron chi connectivity index (χ0n) is 20.0. The first kappa shape index (κ1) is 24.6. The van der Waals surface area contributed by atoms with Crippen molar-refractivity contribution < 1.29 is 9.53 Å². The third kappa shape index (κ3) is 4.81. The van der Waals surface area contributed by atoms with Crippen molar-refractivity contribution in [3.05, 3.63) is 105 Å². The van der Waals surface area contributed by atoms with E-state index in [0.717, 1.165) is 39.3 Å². The van der Waals surface area contributed by atoms with E-state index in [4.69, 9.17) is 28.6 Å². The number of aromatic nitrogens is 1. The second-order valence-electron chi connectivity index (χ2n) is 8.59. The second kappa shape index (κ2) is 10.5. The lowest BCUT2D eigenvalue weighted by Crippen LogP contribution is -2.27. The molecule has 2 heterocycles. The molecule has 4 nitrogen and oxygen atoms in total. The Bertz CT molecular complexity index is 1490. The van der Waals surface area contributed by atoms with Gasteiger partial charge in [0.1, 0.15) is 10.1 Å². The molecule has 0 bridgehead atoms. The summed E-state index contributed by atoms with van der Waals surface area (Å²) in [5, 5.41) is 1.86. The van der Waals surface area contributed by atoms with Gasteiger partial charge in [-0.1, -0.05) is 91.0 Å². The van der Waals surface area contributed by atoms with Crippen LogP contribution in [0.15, 0.2) is 77.8 Å². The van der Waals surface area contributed by atoms with Crippen LogP contribution in [0.5, 0.6) is 5.75 Å². The lowest BCUT2D eigenvalue weighted by molar-refractivity contribution is -0.122. The van der Waals surface area contributed by atoms with Crippen LogP contribution in [0.4, 0.5) is 0 Å². The van der Waals surface area contributed by atoms with E-state index in [-0.39, 0.29) is 5.91 Å². The van der Waals surface area contributed by atoms with Crippen molar-refractivity contribution in [2.75, 3.05) is 7.11 Å². The average molecular weight is 533 g/mol. The van der Waals surface area contributed by atoms with Gasteiger partial charge in [0.05, 0.1) is 24.1 Å². The molecule has 3 aromatic carbocycles. The predicted molar refractivity (Wildman–Crippen MR) is 154 cm³/mol. The lowest BCUT2D eigenvalue weighted by Gasteiger charge is -2.14. The number of amides is 1. The normalized spacial score (nSPS) is 14.9. The molecule has 1 fully saturated rings. The molecule has 1 aliphatic heterocycles. The number of thiocarbonyl (C=S) groups is 1. The summed E-state index contributed by atoms with van der Waals surface area (Å²) in [6.45, 7) is 3.24. The summed E-state index contributed by atoms with van der Waals surface area (Å²) < 4.78 is 8.03. The molecule has 0 N–H and O–H groups in total. The number of hydrogen-bond donors (Lipinski definition) is 0. The largest absolute Gasteiger partial charge is 0.497 e.